The molecule has 47 heavy (non-hydrogen) atoms. The second kappa shape index (κ2) is 12.4. The minimum atomic E-state index is -0.882. The zero-order valence-corrected chi connectivity index (χ0v) is 26.4. The topological polar surface area (TPSA) is 151 Å². The summed E-state index contributed by atoms with van der Waals surface area (Å²) in [4.78, 5) is 66.9. The number of aryl methyl sites for hydroxylation is 1. The van der Waals surface area contributed by atoms with Crippen LogP contribution in [0.2, 0.25) is 0 Å². The Labute approximate surface area is 269 Å². The molecule has 1 N–H and O–H groups in total. The van der Waals surface area contributed by atoms with Gasteiger partial charge in [0.25, 0.3) is 11.5 Å². The van der Waals surface area contributed by atoms with Gasteiger partial charge in [0.1, 0.15) is 34.9 Å². The molecule has 4 heterocycles. The molecule has 1 aromatic carbocycles. The summed E-state index contributed by atoms with van der Waals surface area (Å²) in [6.07, 6.45) is 5.89. The van der Waals surface area contributed by atoms with Gasteiger partial charge >= 0.3 is 11.8 Å². The molecule has 3 aromatic heterocycles. The molecule has 0 bridgehead atoms. The lowest BCUT2D eigenvalue weighted by molar-refractivity contribution is 0.0219. The Morgan fingerprint density at radius 1 is 1.09 bits per heavy atom. The Morgan fingerprint density at radius 2 is 1.87 bits per heavy atom. The fourth-order valence-electron chi connectivity index (χ4n) is 5.12. The largest absolute Gasteiger partial charge is 0.444 e. The Balaban J connectivity index is 1.21. The monoisotopic (exact) mass is 643 g/mol. The van der Waals surface area contributed by atoms with Crippen molar-refractivity contribution in [1.82, 2.24) is 29.0 Å². The van der Waals surface area contributed by atoms with Crippen molar-refractivity contribution in [3.05, 3.63) is 98.1 Å². The molecule has 1 saturated carbocycles. The number of ether oxygens (including phenoxy) is 2. The third kappa shape index (κ3) is 7.05. The van der Waals surface area contributed by atoms with Crippen LogP contribution in [-0.2, 0) is 24.2 Å². The average Bonchev–Trinajstić information content (AvgIpc) is 3.84. The Hall–Kier alpha value is -5.40. The van der Waals surface area contributed by atoms with Gasteiger partial charge in [-0.2, -0.15) is 0 Å². The molecule has 0 atom stereocenters. The van der Waals surface area contributed by atoms with E-state index in [1.165, 1.54) is 41.5 Å². The number of carbonyl (C=O) groups excluding carboxylic acids is 2. The van der Waals surface area contributed by atoms with E-state index in [0.717, 1.165) is 29.0 Å². The molecule has 1 aliphatic heterocycles. The van der Waals surface area contributed by atoms with E-state index in [2.05, 4.69) is 20.3 Å². The number of anilines is 1. The summed E-state index contributed by atoms with van der Waals surface area (Å²) in [6.45, 7) is 8.12. The van der Waals surface area contributed by atoms with E-state index in [9.17, 15) is 19.2 Å². The van der Waals surface area contributed by atoms with Crippen molar-refractivity contribution in [2.24, 2.45) is 5.92 Å². The molecular formula is C33H34FN7O6. The third-order valence-corrected chi connectivity index (χ3v) is 7.70. The number of halogens is 1. The molecule has 14 heteroatoms. The van der Waals surface area contributed by atoms with E-state index in [4.69, 9.17) is 9.47 Å². The number of amides is 2. The standard InChI is InChI=1S/C33H34FN7O6/c1-19-5-10-27(35-14-19)41-30(43)23(16-40(31(41)44)15-20-6-7-20)28(42)38-25-9-8-21(13-24(25)34)46-29-22-11-12-39(17-26(22)36-18-37-29)32(45)47-33(2,3)4/h5,8-10,13-14,16,18,20H,6-7,11-12,15,17H2,1-4H3,(H,38,42). The highest BCUT2D eigenvalue weighted by Crippen LogP contribution is 2.31. The maximum absolute atomic E-state index is 15.3. The van der Waals surface area contributed by atoms with Crippen LogP contribution in [0.25, 0.3) is 5.82 Å². The van der Waals surface area contributed by atoms with Gasteiger partial charge in [0, 0.05) is 37.1 Å². The Morgan fingerprint density at radius 3 is 2.55 bits per heavy atom. The number of aromatic nitrogens is 5. The zero-order valence-electron chi connectivity index (χ0n) is 26.4. The van der Waals surface area contributed by atoms with Gasteiger partial charge in [-0.25, -0.2) is 33.5 Å². The minimum absolute atomic E-state index is 0.0851. The van der Waals surface area contributed by atoms with E-state index in [0.29, 0.717) is 30.8 Å². The number of hydrogen-bond donors (Lipinski definition) is 1. The van der Waals surface area contributed by atoms with Gasteiger partial charge in [-0.15, -0.1) is 0 Å². The summed E-state index contributed by atoms with van der Waals surface area (Å²) in [5, 5.41) is 2.45. The van der Waals surface area contributed by atoms with E-state index >= 15 is 4.39 Å². The molecule has 2 aliphatic rings. The van der Waals surface area contributed by atoms with Gasteiger partial charge in [0.2, 0.25) is 5.88 Å². The number of benzene rings is 1. The summed E-state index contributed by atoms with van der Waals surface area (Å²) in [5.41, 5.74) is -0.523. The number of fused-ring (bicyclic) bond motifs is 1. The van der Waals surface area contributed by atoms with E-state index in [1.54, 1.807) is 31.7 Å². The highest BCUT2D eigenvalue weighted by molar-refractivity contribution is 6.04. The number of rotatable bonds is 7. The number of nitrogens with zero attached hydrogens (tertiary/aromatic N) is 6. The van der Waals surface area contributed by atoms with Crippen LogP contribution in [0.1, 0.15) is 60.8 Å². The highest BCUT2D eigenvalue weighted by Gasteiger charge is 2.29. The van der Waals surface area contributed by atoms with E-state index in [-0.39, 0.29) is 41.2 Å². The minimum Gasteiger partial charge on any atom is -0.444 e. The summed E-state index contributed by atoms with van der Waals surface area (Å²) in [7, 11) is 0. The van der Waals surface area contributed by atoms with Crippen molar-refractivity contribution in [3.8, 4) is 17.4 Å². The molecule has 1 aliphatic carbocycles. The molecule has 2 amide bonds. The first-order valence-electron chi connectivity index (χ1n) is 15.3. The normalized spacial score (nSPS) is 14.4. The Kier molecular flexibility index (Phi) is 8.34. The molecule has 0 saturated heterocycles. The first-order chi connectivity index (χ1) is 22.4. The first kappa shape index (κ1) is 31.6. The fraction of sp³-hybridized carbons (Fsp3) is 0.364. The van der Waals surface area contributed by atoms with Crippen molar-refractivity contribution in [2.45, 2.75) is 65.6 Å². The lowest BCUT2D eigenvalue weighted by Gasteiger charge is -2.30. The Bertz CT molecular complexity index is 1980. The van der Waals surface area contributed by atoms with Gasteiger partial charge < -0.3 is 19.7 Å². The number of pyridine rings is 1. The van der Waals surface area contributed by atoms with Crippen LogP contribution in [0.4, 0.5) is 14.9 Å². The predicted octanol–water partition coefficient (Wildman–Crippen LogP) is 4.38. The molecule has 0 spiro atoms. The number of carbonyl (C=O) groups is 2. The van der Waals surface area contributed by atoms with Crippen LogP contribution in [0.3, 0.4) is 0 Å². The van der Waals surface area contributed by atoms with Crippen LogP contribution in [0.15, 0.2) is 58.6 Å². The molecule has 1 fully saturated rings. The van der Waals surface area contributed by atoms with Gasteiger partial charge in [0.05, 0.1) is 17.9 Å². The molecule has 4 aromatic rings. The number of hydrogen-bond acceptors (Lipinski definition) is 9. The molecule has 244 valence electrons. The van der Waals surface area contributed by atoms with Gasteiger partial charge in [0.15, 0.2) is 0 Å². The summed E-state index contributed by atoms with van der Waals surface area (Å²) in [6, 6.07) is 7.08. The second-order valence-corrected chi connectivity index (χ2v) is 12.7. The lowest BCUT2D eigenvalue weighted by atomic mass is 10.1. The molecule has 6 rings (SSSR count). The van der Waals surface area contributed by atoms with E-state index < -0.39 is 34.7 Å². The summed E-state index contributed by atoms with van der Waals surface area (Å²) >= 11 is 0. The van der Waals surface area contributed by atoms with Crippen molar-refractivity contribution >= 4 is 17.7 Å². The van der Waals surface area contributed by atoms with Crippen LogP contribution in [-0.4, -0.2) is 53.1 Å². The van der Waals surface area contributed by atoms with Crippen molar-refractivity contribution < 1.29 is 23.5 Å². The lowest BCUT2D eigenvalue weighted by Crippen LogP contribution is -2.42. The van der Waals surface area contributed by atoms with Crippen molar-refractivity contribution in [1.29, 1.82) is 0 Å². The van der Waals surface area contributed by atoms with Gasteiger partial charge in [-0.1, -0.05) is 6.07 Å². The quantitative estimate of drug-likeness (QED) is 0.310. The maximum Gasteiger partial charge on any atom is 0.410 e. The summed E-state index contributed by atoms with van der Waals surface area (Å²) in [5.74, 6) is -1.01. The van der Waals surface area contributed by atoms with Crippen molar-refractivity contribution in [2.75, 3.05) is 11.9 Å². The molecular weight excluding hydrogens is 609 g/mol. The van der Waals surface area contributed by atoms with Gasteiger partial charge in [-0.3, -0.25) is 14.2 Å². The number of nitrogens with one attached hydrogen (secondary N) is 1. The first-order valence-corrected chi connectivity index (χ1v) is 15.3. The van der Waals surface area contributed by atoms with Crippen LogP contribution in [0.5, 0.6) is 11.6 Å². The van der Waals surface area contributed by atoms with Crippen LogP contribution >= 0.6 is 0 Å². The highest BCUT2D eigenvalue weighted by atomic mass is 19.1. The smallest absolute Gasteiger partial charge is 0.410 e. The van der Waals surface area contributed by atoms with E-state index in [1.807, 2.05) is 6.92 Å². The summed E-state index contributed by atoms with van der Waals surface area (Å²) < 4.78 is 28.9. The molecule has 0 radical (unpaired) electrons. The van der Waals surface area contributed by atoms with Crippen molar-refractivity contribution in [3.63, 3.8) is 0 Å². The predicted molar refractivity (Wildman–Crippen MR) is 168 cm³/mol. The molecule has 0 unspecified atom stereocenters. The third-order valence-electron chi connectivity index (χ3n) is 7.70. The fourth-order valence-corrected chi connectivity index (χ4v) is 5.12. The van der Waals surface area contributed by atoms with Crippen LogP contribution in [0, 0.1) is 18.7 Å². The van der Waals surface area contributed by atoms with Gasteiger partial charge in [-0.05, 0) is 76.6 Å². The average molecular weight is 644 g/mol. The zero-order chi connectivity index (χ0) is 33.5. The van der Waals surface area contributed by atoms with Crippen LogP contribution < -0.4 is 21.3 Å². The SMILES string of the molecule is Cc1ccc(-n2c(=O)c(C(=O)Nc3ccc(Oc4ncnc5c4CCN(C(=O)OC(C)(C)C)C5)cc3F)cn(CC3CC3)c2=O)nc1. The second-order valence-electron chi connectivity index (χ2n) is 12.7. The molecule has 13 nitrogen and oxygen atoms in total. The maximum atomic E-state index is 15.3.